The number of benzene rings is 1. The standard InChI is InChI=1S/C17H19ClFN3O3/c1-25-8-6-15-21-11(9-17(24)22-15)5-7-20-16(23)10-12-13(18)3-2-4-14(12)19/h2-4,9H,5-8,10H2,1H3,(H,20,23)(H,21,22,24). The summed E-state index contributed by atoms with van der Waals surface area (Å²) in [5, 5.41) is 2.89. The first-order valence-corrected chi connectivity index (χ1v) is 8.15. The largest absolute Gasteiger partial charge is 0.384 e. The number of H-pyrrole nitrogens is 1. The van der Waals surface area contributed by atoms with Crippen molar-refractivity contribution in [3.63, 3.8) is 0 Å². The molecule has 0 saturated heterocycles. The lowest BCUT2D eigenvalue weighted by Crippen LogP contribution is -2.28. The Balaban J connectivity index is 1.89. The van der Waals surface area contributed by atoms with Gasteiger partial charge >= 0.3 is 0 Å². The Morgan fingerprint density at radius 1 is 1.40 bits per heavy atom. The van der Waals surface area contributed by atoms with E-state index >= 15 is 0 Å². The van der Waals surface area contributed by atoms with Gasteiger partial charge < -0.3 is 15.0 Å². The molecule has 0 spiro atoms. The molecule has 8 heteroatoms. The normalized spacial score (nSPS) is 10.7. The van der Waals surface area contributed by atoms with Crippen LogP contribution in [0, 0.1) is 5.82 Å². The third kappa shape index (κ3) is 5.95. The van der Waals surface area contributed by atoms with Crippen LogP contribution in [0.3, 0.4) is 0 Å². The molecule has 0 aliphatic rings. The maximum absolute atomic E-state index is 13.7. The van der Waals surface area contributed by atoms with Crippen molar-refractivity contribution < 1.29 is 13.9 Å². The molecular formula is C17H19ClFN3O3. The van der Waals surface area contributed by atoms with Gasteiger partial charge in [-0.05, 0) is 12.1 Å². The second-order valence-electron chi connectivity index (χ2n) is 5.40. The quantitative estimate of drug-likeness (QED) is 0.743. The number of amides is 1. The smallest absolute Gasteiger partial charge is 0.251 e. The van der Waals surface area contributed by atoms with E-state index in [9.17, 15) is 14.0 Å². The Hall–Kier alpha value is -2.25. The fourth-order valence-electron chi connectivity index (χ4n) is 2.26. The third-order valence-electron chi connectivity index (χ3n) is 3.49. The molecule has 0 aliphatic carbocycles. The Kier molecular flexibility index (Phi) is 7.09. The molecule has 2 rings (SSSR count). The molecule has 0 aliphatic heterocycles. The molecular weight excluding hydrogens is 349 g/mol. The van der Waals surface area contributed by atoms with E-state index in [4.69, 9.17) is 16.3 Å². The molecule has 1 aromatic heterocycles. The van der Waals surface area contributed by atoms with E-state index in [1.54, 1.807) is 7.11 Å². The average molecular weight is 368 g/mol. The van der Waals surface area contributed by atoms with Crippen LogP contribution in [0.25, 0.3) is 0 Å². The summed E-state index contributed by atoms with van der Waals surface area (Å²) in [7, 11) is 1.57. The van der Waals surface area contributed by atoms with E-state index in [1.165, 1.54) is 24.3 Å². The van der Waals surface area contributed by atoms with E-state index in [0.717, 1.165) is 0 Å². The molecule has 1 amide bonds. The van der Waals surface area contributed by atoms with Gasteiger partial charge in [0.05, 0.1) is 13.0 Å². The maximum Gasteiger partial charge on any atom is 0.251 e. The van der Waals surface area contributed by atoms with Gasteiger partial charge in [-0.15, -0.1) is 0 Å². The monoisotopic (exact) mass is 367 g/mol. The molecule has 0 saturated carbocycles. The molecule has 0 radical (unpaired) electrons. The number of halogens is 2. The summed E-state index contributed by atoms with van der Waals surface area (Å²) in [6, 6.07) is 5.67. The van der Waals surface area contributed by atoms with Crippen molar-refractivity contribution in [2.24, 2.45) is 0 Å². The number of nitrogens with one attached hydrogen (secondary N) is 2. The molecule has 0 bridgehead atoms. The molecule has 134 valence electrons. The minimum atomic E-state index is -0.512. The summed E-state index contributed by atoms with van der Waals surface area (Å²) in [6.07, 6.45) is 0.742. The Labute approximate surface area is 149 Å². The number of methoxy groups -OCH3 is 1. The van der Waals surface area contributed by atoms with Crippen molar-refractivity contribution in [1.82, 2.24) is 15.3 Å². The van der Waals surface area contributed by atoms with E-state index in [0.29, 0.717) is 31.0 Å². The number of carbonyl (C=O) groups is 1. The lowest BCUT2D eigenvalue weighted by Gasteiger charge is -2.08. The van der Waals surface area contributed by atoms with Crippen molar-refractivity contribution in [1.29, 1.82) is 0 Å². The van der Waals surface area contributed by atoms with E-state index in [1.807, 2.05) is 0 Å². The predicted molar refractivity (Wildman–Crippen MR) is 92.3 cm³/mol. The topological polar surface area (TPSA) is 84.1 Å². The van der Waals surface area contributed by atoms with Crippen LogP contribution in [0.1, 0.15) is 17.1 Å². The predicted octanol–water partition coefficient (Wildman–Crippen LogP) is 1.65. The number of ether oxygens (including phenoxy) is 1. The number of carbonyl (C=O) groups excluding carboxylic acids is 1. The number of aromatic amines is 1. The van der Waals surface area contributed by atoms with Crippen molar-refractivity contribution in [2.45, 2.75) is 19.3 Å². The van der Waals surface area contributed by atoms with Crippen LogP contribution in [-0.4, -0.2) is 36.1 Å². The van der Waals surface area contributed by atoms with E-state index in [2.05, 4.69) is 15.3 Å². The summed E-state index contributed by atoms with van der Waals surface area (Å²) < 4.78 is 18.6. The first-order valence-electron chi connectivity index (χ1n) is 7.77. The minimum Gasteiger partial charge on any atom is -0.384 e. The van der Waals surface area contributed by atoms with Crippen molar-refractivity contribution in [3.8, 4) is 0 Å². The lowest BCUT2D eigenvalue weighted by atomic mass is 10.1. The molecule has 25 heavy (non-hydrogen) atoms. The molecule has 0 unspecified atom stereocenters. The van der Waals surface area contributed by atoms with E-state index < -0.39 is 5.82 Å². The van der Waals surface area contributed by atoms with Crippen molar-refractivity contribution >= 4 is 17.5 Å². The first-order chi connectivity index (χ1) is 12.0. The molecule has 0 fully saturated rings. The van der Waals surface area contributed by atoms with Crippen LogP contribution in [0.5, 0.6) is 0 Å². The molecule has 2 N–H and O–H groups in total. The molecule has 2 aromatic rings. The first kappa shape index (κ1) is 19.1. The van der Waals surface area contributed by atoms with Crippen molar-refractivity contribution in [3.05, 3.63) is 62.5 Å². The maximum atomic E-state index is 13.7. The number of nitrogens with zero attached hydrogens (tertiary/aromatic N) is 1. The van der Waals surface area contributed by atoms with Gasteiger partial charge in [0.1, 0.15) is 11.6 Å². The van der Waals surface area contributed by atoms with Gasteiger partial charge in [0, 0.05) is 48.8 Å². The fourth-order valence-corrected chi connectivity index (χ4v) is 2.49. The van der Waals surface area contributed by atoms with Gasteiger partial charge in [-0.1, -0.05) is 17.7 Å². The average Bonchev–Trinajstić information content (AvgIpc) is 2.56. The molecule has 0 atom stereocenters. The zero-order valence-electron chi connectivity index (χ0n) is 13.8. The van der Waals surface area contributed by atoms with Gasteiger partial charge in [0.15, 0.2) is 0 Å². The van der Waals surface area contributed by atoms with Crippen LogP contribution in [-0.2, 0) is 28.8 Å². The summed E-state index contributed by atoms with van der Waals surface area (Å²) in [5.41, 5.74) is 0.484. The zero-order valence-corrected chi connectivity index (χ0v) is 14.5. The van der Waals surface area contributed by atoms with Gasteiger partial charge in [0.2, 0.25) is 5.91 Å². The van der Waals surface area contributed by atoms with Crippen LogP contribution in [0.2, 0.25) is 5.02 Å². The molecule has 6 nitrogen and oxygen atoms in total. The highest BCUT2D eigenvalue weighted by Crippen LogP contribution is 2.19. The van der Waals surface area contributed by atoms with Crippen LogP contribution in [0.15, 0.2) is 29.1 Å². The minimum absolute atomic E-state index is 0.145. The summed E-state index contributed by atoms with van der Waals surface area (Å²) in [6.45, 7) is 0.734. The molecule has 1 heterocycles. The lowest BCUT2D eigenvalue weighted by molar-refractivity contribution is -0.120. The van der Waals surface area contributed by atoms with Crippen molar-refractivity contribution in [2.75, 3.05) is 20.3 Å². The Morgan fingerprint density at radius 2 is 2.20 bits per heavy atom. The number of hydrogen-bond acceptors (Lipinski definition) is 4. The van der Waals surface area contributed by atoms with Gasteiger partial charge in [-0.2, -0.15) is 0 Å². The second kappa shape index (κ2) is 9.29. The third-order valence-corrected chi connectivity index (χ3v) is 3.84. The molecule has 1 aromatic carbocycles. The number of aromatic nitrogens is 2. The Bertz CT molecular complexity index is 775. The summed E-state index contributed by atoms with van der Waals surface area (Å²) >= 11 is 5.90. The number of hydrogen-bond donors (Lipinski definition) is 2. The summed E-state index contributed by atoms with van der Waals surface area (Å²) in [4.78, 5) is 30.5. The number of rotatable bonds is 8. The second-order valence-corrected chi connectivity index (χ2v) is 5.81. The van der Waals surface area contributed by atoms with Crippen LogP contribution >= 0.6 is 11.6 Å². The highest BCUT2D eigenvalue weighted by Gasteiger charge is 2.11. The van der Waals surface area contributed by atoms with Gasteiger partial charge in [-0.3, -0.25) is 9.59 Å². The van der Waals surface area contributed by atoms with E-state index in [-0.39, 0.29) is 35.0 Å². The van der Waals surface area contributed by atoms with Crippen LogP contribution in [0.4, 0.5) is 4.39 Å². The zero-order chi connectivity index (χ0) is 18.2. The highest BCUT2D eigenvalue weighted by atomic mass is 35.5. The Morgan fingerprint density at radius 3 is 2.92 bits per heavy atom. The van der Waals surface area contributed by atoms with Gasteiger partial charge in [-0.25, -0.2) is 9.37 Å². The van der Waals surface area contributed by atoms with Crippen LogP contribution < -0.4 is 10.9 Å². The highest BCUT2D eigenvalue weighted by molar-refractivity contribution is 6.31. The van der Waals surface area contributed by atoms with Gasteiger partial charge in [0.25, 0.3) is 5.56 Å². The summed E-state index contributed by atoms with van der Waals surface area (Å²) in [5.74, 6) is -0.327. The fraction of sp³-hybridized carbons (Fsp3) is 0.353. The SMILES string of the molecule is COCCc1nc(CCNC(=O)Cc2c(F)cccc2Cl)cc(=O)[nH]1.